The number of nitrogens with zero attached hydrogens (tertiary/aromatic N) is 1. The third-order valence-electron chi connectivity index (χ3n) is 4.59. The lowest BCUT2D eigenvalue weighted by Crippen LogP contribution is -2.04. The van der Waals surface area contributed by atoms with Gasteiger partial charge in [-0.1, -0.05) is 54.6 Å². The average Bonchev–Trinajstić information content (AvgIpc) is 2.74. The van der Waals surface area contributed by atoms with E-state index >= 15 is 0 Å². The van der Waals surface area contributed by atoms with Gasteiger partial charge >= 0.3 is 5.97 Å². The number of pyridine rings is 1. The third-order valence-corrected chi connectivity index (χ3v) is 4.59. The molecule has 3 aromatic carbocycles. The molecular formula is C25H21NO3. The SMILES string of the molecule is CC(=O)Oc1ccccc1Cc1ccc(OCc2ccc3ccccc3n2)cc1. The molecule has 4 heteroatoms. The van der Waals surface area contributed by atoms with Gasteiger partial charge in [0.25, 0.3) is 0 Å². The van der Waals surface area contributed by atoms with Crippen molar-refractivity contribution >= 4 is 16.9 Å². The summed E-state index contributed by atoms with van der Waals surface area (Å²) in [6.45, 7) is 1.83. The van der Waals surface area contributed by atoms with Crippen molar-refractivity contribution < 1.29 is 14.3 Å². The van der Waals surface area contributed by atoms with E-state index in [9.17, 15) is 4.79 Å². The molecule has 4 aromatic rings. The molecule has 0 aliphatic rings. The molecule has 0 aliphatic carbocycles. The zero-order valence-corrected chi connectivity index (χ0v) is 16.2. The normalized spacial score (nSPS) is 10.7. The van der Waals surface area contributed by atoms with Gasteiger partial charge in [-0.3, -0.25) is 4.79 Å². The van der Waals surface area contributed by atoms with Crippen LogP contribution in [0.1, 0.15) is 23.7 Å². The number of ether oxygens (including phenoxy) is 2. The molecule has 29 heavy (non-hydrogen) atoms. The molecule has 1 aromatic heterocycles. The van der Waals surface area contributed by atoms with Gasteiger partial charge in [0.05, 0.1) is 11.2 Å². The van der Waals surface area contributed by atoms with Gasteiger partial charge in [0.15, 0.2) is 0 Å². The number of hydrogen-bond donors (Lipinski definition) is 0. The van der Waals surface area contributed by atoms with Crippen molar-refractivity contribution in [3.05, 3.63) is 102 Å². The largest absolute Gasteiger partial charge is 0.487 e. The van der Waals surface area contributed by atoms with Crippen molar-refractivity contribution in [2.75, 3.05) is 0 Å². The molecule has 0 N–H and O–H groups in total. The summed E-state index contributed by atoms with van der Waals surface area (Å²) in [7, 11) is 0. The van der Waals surface area contributed by atoms with Crippen LogP contribution in [-0.2, 0) is 17.8 Å². The van der Waals surface area contributed by atoms with Gasteiger partial charge in [-0.05, 0) is 41.5 Å². The second-order valence-electron chi connectivity index (χ2n) is 6.81. The molecule has 0 spiro atoms. The first kappa shape index (κ1) is 18.7. The second-order valence-corrected chi connectivity index (χ2v) is 6.81. The standard InChI is InChI=1S/C25H21NO3/c1-18(27)29-25-9-5-3-7-21(25)16-19-10-14-23(15-11-19)28-17-22-13-12-20-6-2-4-8-24(20)26-22/h2-15H,16-17H2,1H3. The summed E-state index contributed by atoms with van der Waals surface area (Å²) in [5, 5.41) is 1.12. The number of carbonyl (C=O) groups is 1. The van der Waals surface area contributed by atoms with Crippen LogP contribution in [0.4, 0.5) is 0 Å². The number of para-hydroxylation sites is 2. The Labute approximate surface area is 169 Å². The van der Waals surface area contributed by atoms with Gasteiger partial charge in [-0.25, -0.2) is 4.98 Å². The number of esters is 1. The fourth-order valence-electron chi connectivity index (χ4n) is 3.17. The molecule has 0 bridgehead atoms. The quantitative estimate of drug-likeness (QED) is 0.333. The van der Waals surface area contributed by atoms with Crippen molar-refractivity contribution in [1.82, 2.24) is 4.98 Å². The summed E-state index contributed by atoms with van der Waals surface area (Å²) in [5.74, 6) is 1.07. The highest BCUT2D eigenvalue weighted by Crippen LogP contribution is 2.23. The van der Waals surface area contributed by atoms with Gasteiger partial charge in [0.1, 0.15) is 18.1 Å². The van der Waals surface area contributed by atoms with E-state index in [0.29, 0.717) is 18.8 Å². The summed E-state index contributed by atoms with van der Waals surface area (Å²) < 4.78 is 11.2. The summed E-state index contributed by atoms with van der Waals surface area (Å²) in [6, 6.07) is 27.6. The Morgan fingerprint density at radius 2 is 1.62 bits per heavy atom. The lowest BCUT2D eigenvalue weighted by molar-refractivity contribution is -0.131. The van der Waals surface area contributed by atoms with E-state index in [0.717, 1.165) is 33.5 Å². The molecule has 4 nitrogen and oxygen atoms in total. The Morgan fingerprint density at radius 3 is 2.45 bits per heavy atom. The first-order valence-corrected chi connectivity index (χ1v) is 9.50. The Morgan fingerprint density at radius 1 is 0.862 bits per heavy atom. The van der Waals surface area contributed by atoms with Gasteiger partial charge in [-0.2, -0.15) is 0 Å². The van der Waals surface area contributed by atoms with E-state index in [2.05, 4.69) is 11.1 Å². The number of hydrogen-bond acceptors (Lipinski definition) is 4. The lowest BCUT2D eigenvalue weighted by Gasteiger charge is -2.10. The topological polar surface area (TPSA) is 48.4 Å². The smallest absolute Gasteiger partial charge is 0.308 e. The number of aromatic nitrogens is 1. The van der Waals surface area contributed by atoms with Crippen LogP contribution in [-0.4, -0.2) is 11.0 Å². The Kier molecular flexibility index (Phi) is 5.52. The van der Waals surface area contributed by atoms with E-state index in [1.165, 1.54) is 6.92 Å². The molecule has 0 saturated heterocycles. The fraction of sp³-hybridized carbons (Fsp3) is 0.120. The molecule has 0 fully saturated rings. The van der Waals surface area contributed by atoms with Gasteiger partial charge < -0.3 is 9.47 Å². The summed E-state index contributed by atoms with van der Waals surface area (Å²) in [5.41, 5.74) is 3.94. The van der Waals surface area contributed by atoms with Crippen LogP contribution in [0.15, 0.2) is 84.9 Å². The summed E-state index contributed by atoms with van der Waals surface area (Å²) in [4.78, 5) is 15.9. The Bertz CT molecular complexity index is 1140. The molecule has 0 saturated carbocycles. The molecule has 144 valence electrons. The fourth-order valence-corrected chi connectivity index (χ4v) is 3.17. The predicted octanol–water partition coefficient (Wildman–Crippen LogP) is 5.33. The van der Waals surface area contributed by atoms with Crippen LogP contribution in [0.25, 0.3) is 10.9 Å². The predicted molar refractivity (Wildman–Crippen MR) is 113 cm³/mol. The van der Waals surface area contributed by atoms with E-state index in [1.54, 1.807) is 0 Å². The zero-order chi connectivity index (χ0) is 20.1. The molecule has 0 unspecified atom stereocenters. The van der Waals surface area contributed by atoms with Crippen molar-refractivity contribution in [1.29, 1.82) is 0 Å². The maximum absolute atomic E-state index is 11.3. The second kappa shape index (κ2) is 8.57. The first-order chi connectivity index (χ1) is 14.2. The van der Waals surface area contributed by atoms with Gasteiger partial charge in [-0.15, -0.1) is 0 Å². The molecular weight excluding hydrogens is 362 g/mol. The van der Waals surface area contributed by atoms with Crippen molar-refractivity contribution in [3.8, 4) is 11.5 Å². The maximum atomic E-state index is 11.3. The van der Waals surface area contributed by atoms with E-state index in [1.807, 2.05) is 78.9 Å². The number of fused-ring (bicyclic) bond motifs is 1. The van der Waals surface area contributed by atoms with Crippen LogP contribution < -0.4 is 9.47 Å². The first-order valence-electron chi connectivity index (χ1n) is 9.50. The number of rotatable bonds is 6. The van der Waals surface area contributed by atoms with Crippen LogP contribution in [0.5, 0.6) is 11.5 Å². The van der Waals surface area contributed by atoms with Gasteiger partial charge in [0.2, 0.25) is 0 Å². The molecule has 4 rings (SSSR count). The monoisotopic (exact) mass is 383 g/mol. The van der Waals surface area contributed by atoms with Crippen LogP contribution in [0, 0.1) is 0 Å². The third kappa shape index (κ3) is 4.79. The van der Waals surface area contributed by atoms with E-state index < -0.39 is 0 Å². The highest BCUT2D eigenvalue weighted by Gasteiger charge is 2.07. The lowest BCUT2D eigenvalue weighted by atomic mass is 10.0. The highest BCUT2D eigenvalue weighted by atomic mass is 16.5. The van der Waals surface area contributed by atoms with Crippen molar-refractivity contribution in [2.24, 2.45) is 0 Å². The average molecular weight is 383 g/mol. The molecule has 1 heterocycles. The summed E-state index contributed by atoms with van der Waals surface area (Å²) >= 11 is 0. The molecule has 0 aliphatic heterocycles. The highest BCUT2D eigenvalue weighted by molar-refractivity contribution is 5.78. The van der Waals surface area contributed by atoms with E-state index in [-0.39, 0.29) is 5.97 Å². The molecule has 0 radical (unpaired) electrons. The minimum atomic E-state index is -0.316. The Hall–Kier alpha value is -3.66. The van der Waals surface area contributed by atoms with Crippen molar-refractivity contribution in [2.45, 2.75) is 20.0 Å². The summed E-state index contributed by atoms with van der Waals surface area (Å²) in [6.07, 6.45) is 0.677. The zero-order valence-electron chi connectivity index (χ0n) is 16.2. The molecule has 0 atom stereocenters. The van der Waals surface area contributed by atoms with Crippen molar-refractivity contribution in [3.63, 3.8) is 0 Å². The van der Waals surface area contributed by atoms with E-state index in [4.69, 9.17) is 9.47 Å². The van der Waals surface area contributed by atoms with Crippen LogP contribution in [0.2, 0.25) is 0 Å². The van der Waals surface area contributed by atoms with Crippen LogP contribution >= 0.6 is 0 Å². The van der Waals surface area contributed by atoms with Crippen LogP contribution in [0.3, 0.4) is 0 Å². The maximum Gasteiger partial charge on any atom is 0.308 e. The van der Waals surface area contributed by atoms with Gasteiger partial charge in [0, 0.05) is 18.7 Å². The number of benzene rings is 3. The Balaban J connectivity index is 1.41. The minimum absolute atomic E-state index is 0.316. The minimum Gasteiger partial charge on any atom is -0.487 e. The molecule has 0 amide bonds. The number of carbonyl (C=O) groups excluding carboxylic acids is 1.